The van der Waals surface area contributed by atoms with Crippen LogP contribution >= 0.6 is 0 Å². The third-order valence-electron chi connectivity index (χ3n) is 8.03. The Morgan fingerprint density at radius 1 is 1.03 bits per heavy atom. The molecule has 2 aliphatic heterocycles. The number of rotatable bonds is 6. The quantitative estimate of drug-likeness (QED) is 0.589. The van der Waals surface area contributed by atoms with E-state index in [0.29, 0.717) is 11.7 Å². The molecule has 186 valence electrons. The molecular formula is C24H42FN7O. The molecule has 0 radical (unpaired) electrons. The van der Waals surface area contributed by atoms with E-state index in [1.54, 1.807) is 6.07 Å². The average Bonchev–Trinajstić information content (AvgIpc) is 3.25. The van der Waals surface area contributed by atoms with Gasteiger partial charge in [0.1, 0.15) is 18.9 Å². The molecule has 3 fully saturated rings. The average molecular weight is 464 g/mol. The Kier molecular flexibility index (Phi) is 7.77. The molecule has 1 aromatic rings. The molecular weight excluding hydrogens is 421 g/mol. The smallest absolute Gasteiger partial charge is 0.167 e. The minimum atomic E-state index is -0.555. The number of halogens is 1. The van der Waals surface area contributed by atoms with Gasteiger partial charge >= 0.3 is 0 Å². The third-order valence-corrected chi connectivity index (χ3v) is 8.03. The maximum absolute atomic E-state index is 14.7. The molecule has 4 rings (SSSR count). The van der Waals surface area contributed by atoms with Gasteiger partial charge in [-0.3, -0.25) is 16.4 Å². The van der Waals surface area contributed by atoms with Gasteiger partial charge in [0, 0.05) is 30.4 Å². The van der Waals surface area contributed by atoms with Crippen molar-refractivity contribution in [3.63, 3.8) is 0 Å². The first-order valence-electron chi connectivity index (χ1n) is 12.5. The summed E-state index contributed by atoms with van der Waals surface area (Å²) in [6.45, 7) is 7.39. The van der Waals surface area contributed by atoms with Crippen LogP contribution < -0.4 is 26.8 Å². The first kappa shape index (κ1) is 24.6. The highest BCUT2D eigenvalue weighted by molar-refractivity contribution is 5.51. The van der Waals surface area contributed by atoms with Gasteiger partial charge in [0.15, 0.2) is 11.6 Å². The first-order valence-corrected chi connectivity index (χ1v) is 12.5. The molecule has 3 aliphatic rings. The number of methoxy groups -OCH3 is 1. The summed E-state index contributed by atoms with van der Waals surface area (Å²) in [6.07, 6.45) is 5.28. The fourth-order valence-corrected chi connectivity index (χ4v) is 6.02. The molecule has 33 heavy (non-hydrogen) atoms. The zero-order valence-corrected chi connectivity index (χ0v) is 20.4. The summed E-state index contributed by atoms with van der Waals surface area (Å²) in [5, 5.41) is 0. The van der Waals surface area contributed by atoms with Crippen molar-refractivity contribution >= 4 is 5.69 Å². The minimum absolute atomic E-state index is 0.203. The highest BCUT2D eigenvalue weighted by Gasteiger charge is 2.46. The number of likely N-dealkylation sites (tertiary alicyclic amines) is 1. The summed E-state index contributed by atoms with van der Waals surface area (Å²) in [5.41, 5.74) is 21.2. The topological polar surface area (TPSA) is 100 Å². The lowest BCUT2D eigenvalue weighted by Crippen LogP contribution is -2.80. The number of benzene rings is 1. The number of likely N-dealkylation sites (N-methyl/N-ethyl adjacent to an activating group) is 1. The van der Waals surface area contributed by atoms with E-state index in [0.717, 1.165) is 57.7 Å². The summed E-state index contributed by atoms with van der Waals surface area (Å²) in [6, 6.07) is 5.60. The van der Waals surface area contributed by atoms with E-state index in [1.807, 2.05) is 11.0 Å². The lowest BCUT2D eigenvalue weighted by molar-refractivity contribution is -0.0968. The van der Waals surface area contributed by atoms with Crippen molar-refractivity contribution in [3.8, 4) is 5.75 Å². The van der Waals surface area contributed by atoms with Crippen LogP contribution in [0.25, 0.3) is 0 Å². The molecule has 0 spiro atoms. The van der Waals surface area contributed by atoms with Crippen LogP contribution in [0, 0.1) is 11.7 Å². The standard InChI is InChI=1S/C24H42FN7O/c1-4-29-13-5-6-19(29)15-30-22(26)31(17-9-7-16(2)8-10-17)24(28)32(23(30)27)18-11-12-21(33-3)20(25)14-18/h11-12,14,16-17,19,22-24H,4-10,13,15,26-28H2,1-3H3. The number of nitrogens with two attached hydrogens (primary N) is 3. The van der Waals surface area contributed by atoms with Gasteiger partial charge in [-0.2, -0.15) is 0 Å². The van der Waals surface area contributed by atoms with E-state index < -0.39 is 18.4 Å². The third kappa shape index (κ3) is 4.85. The second-order valence-corrected chi connectivity index (χ2v) is 9.95. The van der Waals surface area contributed by atoms with E-state index in [1.165, 1.54) is 19.6 Å². The summed E-state index contributed by atoms with van der Waals surface area (Å²) in [7, 11) is 1.46. The van der Waals surface area contributed by atoms with E-state index in [4.69, 9.17) is 21.9 Å². The molecule has 0 aromatic heterocycles. The SMILES string of the molecule is CCN1CCCC1CN1C(N)N(c2ccc(OC)c(F)c2)C(N)N(C2CCC(C)CC2)C1N. The van der Waals surface area contributed by atoms with Gasteiger partial charge in [-0.15, -0.1) is 0 Å². The highest BCUT2D eigenvalue weighted by Crippen LogP contribution is 2.35. The van der Waals surface area contributed by atoms with Gasteiger partial charge in [0.25, 0.3) is 0 Å². The Bertz CT molecular complexity index is 790. The molecule has 2 saturated heterocycles. The van der Waals surface area contributed by atoms with Crippen LogP contribution in [0.5, 0.6) is 5.75 Å². The summed E-state index contributed by atoms with van der Waals surface area (Å²) in [5.74, 6) is 0.496. The Morgan fingerprint density at radius 3 is 2.39 bits per heavy atom. The molecule has 9 heteroatoms. The molecule has 6 N–H and O–H groups in total. The van der Waals surface area contributed by atoms with Gasteiger partial charge in [0.2, 0.25) is 0 Å². The van der Waals surface area contributed by atoms with Crippen molar-refractivity contribution in [2.75, 3.05) is 31.6 Å². The summed E-state index contributed by atoms with van der Waals surface area (Å²) >= 11 is 0. The van der Waals surface area contributed by atoms with Gasteiger partial charge < -0.3 is 15.4 Å². The van der Waals surface area contributed by atoms with Crippen LogP contribution in [0.3, 0.4) is 0 Å². The van der Waals surface area contributed by atoms with E-state index >= 15 is 0 Å². The normalized spacial score (nSPS) is 34.7. The molecule has 2 heterocycles. The predicted octanol–water partition coefficient (Wildman–Crippen LogP) is 2.05. The van der Waals surface area contributed by atoms with Crippen LogP contribution in [0.2, 0.25) is 0 Å². The number of anilines is 1. The van der Waals surface area contributed by atoms with Crippen LogP contribution in [-0.2, 0) is 0 Å². The molecule has 0 amide bonds. The highest BCUT2D eigenvalue weighted by atomic mass is 19.1. The fraction of sp³-hybridized carbons (Fsp3) is 0.750. The van der Waals surface area contributed by atoms with Crippen molar-refractivity contribution < 1.29 is 9.13 Å². The monoisotopic (exact) mass is 463 g/mol. The maximum Gasteiger partial charge on any atom is 0.167 e. The second-order valence-electron chi connectivity index (χ2n) is 9.95. The Hall–Kier alpha value is -1.49. The minimum Gasteiger partial charge on any atom is -0.494 e. The maximum atomic E-state index is 14.7. The lowest BCUT2D eigenvalue weighted by atomic mass is 9.86. The van der Waals surface area contributed by atoms with Crippen molar-refractivity contribution in [2.45, 2.75) is 83.3 Å². The van der Waals surface area contributed by atoms with Gasteiger partial charge in [0.05, 0.1) is 7.11 Å². The Balaban J connectivity index is 1.66. The van der Waals surface area contributed by atoms with Gasteiger partial charge in [-0.25, -0.2) is 14.2 Å². The molecule has 0 bridgehead atoms. The van der Waals surface area contributed by atoms with Gasteiger partial charge in [-0.1, -0.05) is 13.8 Å². The molecule has 4 atom stereocenters. The second kappa shape index (κ2) is 10.4. The molecule has 4 unspecified atom stereocenters. The Labute approximate surface area is 197 Å². The number of hydrogen-bond acceptors (Lipinski definition) is 8. The summed E-state index contributed by atoms with van der Waals surface area (Å²) < 4.78 is 19.8. The molecule has 8 nitrogen and oxygen atoms in total. The van der Waals surface area contributed by atoms with Crippen LogP contribution in [0.4, 0.5) is 10.1 Å². The zero-order chi connectivity index (χ0) is 23.7. The first-order chi connectivity index (χ1) is 15.8. The van der Waals surface area contributed by atoms with E-state index in [2.05, 4.69) is 28.5 Å². The van der Waals surface area contributed by atoms with E-state index in [9.17, 15) is 4.39 Å². The number of nitrogens with zero attached hydrogens (tertiary/aromatic N) is 4. The molecule has 1 aliphatic carbocycles. The van der Waals surface area contributed by atoms with Gasteiger partial charge in [-0.05, 0) is 69.7 Å². The fourth-order valence-electron chi connectivity index (χ4n) is 6.02. The zero-order valence-electron chi connectivity index (χ0n) is 20.4. The van der Waals surface area contributed by atoms with Crippen molar-refractivity contribution in [1.82, 2.24) is 14.7 Å². The van der Waals surface area contributed by atoms with Crippen molar-refractivity contribution in [1.29, 1.82) is 0 Å². The molecule has 1 aromatic carbocycles. The number of ether oxygens (including phenoxy) is 1. The lowest BCUT2D eigenvalue weighted by Gasteiger charge is -2.58. The van der Waals surface area contributed by atoms with Crippen molar-refractivity contribution in [2.24, 2.45) is 23.1 Å². The van der Waals surface area contributed by atoms with Crippen molar-refractivity contribution in [3.05, 3.63) is 24.0 Å². The van der Waals surface area contributed by atoms with Crippen LogP contribution in [0.15, 0.2) is 18.2 Å². The van der Waals surface area contributed by atoms with Crippen LogP contribution in [0.1, 0.15) is 52.4 Å². The van der Waals surface area contributed by atoms with E-state index in [-0.39, 0.29) is 18.1 Å². The predicted molar refractivity (Wildman–Crippen MR) is 130 cm³/mol. The van der Waals surface area contributed by atoms with Crippen LogP contribution in [-0.4, -0.2) is 72.4 Å². The largest absolute Gasteiger partial charge is 0.494 e. The summed E-state index contributed by atoms with van der Waals surface area (Å²) in [4.78, 5) is 8.78. The number of hydrogen-bond donors (Lipinski definition) is 3. The molecule has 1 saturated carbocycles. The Morgan fingerprint density at radius 2 is 1.76 bits per heavy atom.